The minimum absolute atomic E-state index is 0.0491. The van der Waals surface area contributed by atoms with Gasteiger partial charge in [0.2, 0.25) is 0 Å². The van der Waals surface area contributed by atoms with Gasteiger partial charge >= 0.3 is 0 Å². The van der Waals surface area contributed by atoms with Crippen molar-refractivity contribution in [3.63, 3.8) is 0 Å². The van der Waals surface area contributed by atoms with Gasteiger partial charge in [-0.25, -0.2) is 0 Å². The average Bonchev–Trinajstić information content (AvgIpc) is 3.36. The van der Waals surface area contributed by atoms with Gasteiger partial charge in [0.05, 0.1) is 5.02 Å². The van der Waals surface area contributed by atoms with E-state index in [0.717, 1.165) is 55.7 Å². The van der Waals surface area contributed by atoms with Crippen LogP contribution in [0.2, 0.25) is 5.02 Å². The largest absolute Gasteiger partial charge is 0.339 e. The monoisotopic (exact) mass is 539 g/mol. The van der Waals surface area contributed by atoms with Crippen molar-refractivity contribution in [3.05, 3.63) is 64.2 Å². The van der Waals surface area contributed by atoms with Crippen LogP contribution in [0.4, 0.5) is 0 Å². The van der Waals surface area contributed by atoms with Gasteiger partial charge < -0.3 is 4.90 Å². The molecule has 0 bridgehead atoms. The van der Waals surface area contributed by atoms with Crippen molar-refractivity contribution in [3.8, 4) is 0 Å². The third-order valence-electron chi connectivity index (χ3n) is 8.50. The molecule has 1 heterocycles. The van der Waals surface area contributed by atoms with E-state index in [0.29, 0.717) is 22.4 Å². The molecule has 2 aliphatic rings. The van der Waals surface area contributed by atoms with E-state index in [-0.39, 0.29) is 11.3 Å². The van der Waals surface area contributed by atoms with Crippen LogP contribution in [0.3, 0.4) is 0 Å². The number of halogens is 1. The maximum absolute atomic E-state index is 13.3. The molecule has 200 valence electrons. The summed E-state index contributed by atoms with van der Waals surface area (Å²) in [4.78, 5) is 21.2. The quantitative estimate of drug-likeness (QED) is 0.328. The third-order valence-corrected chi connectivity index (χ3v) is 9.54. The van der Waals surface area contributed by atoms with Gasteiger partial charge in [-0.15, -0.1) is 0 Å². The summed E-state index contributed by atoms with van der Waals surface area (Å²) in [5.74, 6) is 1.27. The first kappa shape index (κ1) is 28.2. The number of hydrogen-bond acceptors (Lipinski definition) is 4. The Hall–Kier alpha value is -1.82. The van der Waals surface area contributed by atoms with Crippen molar-refractivity contribution in [2.24, 2.45) is 16.0 Å². The zero-order chi connectivity index (χ0) is 26.4. The van der Waals surface area contributed by atoms with Crippen LogP contribution in [0.25, 0.3) is 0 Å². The van der Waals surface area contributed by atoms with Crippen molar-refractivity contribution in [1.29, 1.82) is 0 Å². The molecule has 2 fully saturated rings. The van der Waals surface area contributed by atoms with Crippen molar-refractivity contribution in [2.75, 3.05) is 19.6 Å². The highest BCUT2D eigenvalue weighted by Crippen LogP contribution is 2.40. The number of hydrogen-bond donors (Lipinski definition) is 1. The third kappa shape index (κ3) is 6.61. The first-order valence-electron chi connectivity index (χ1n) is 14.0. The Morgan fingerprint density at radius 2 is 1.92 bits per heavy atom. The lowest BCUT2D eigenvalue weighted by Crippen LogP contribution is -2.45. The van der Waals surface area contributed by atoms with Crippen LogP contribution < -0.4 is 5.14 Å². The van der Waals surface area contributed by atoms with E-state index in [1.807, 2.05) is 11.0 Å². The van der Waals surface area contributed by atoms with E-state index in [4.69, 9.17) is 21.7 Å². The number of piperidine rings is 1. The molecule has 0 aromatic heterocycles. The molecular weight excluding hydrogens is 498 g/mol. The van der Waals surface area contributed by atoms with Gasteiger partial charge in [-0.05, 0) is 98.1 Å². The van der Waals surface area contributed by atoms with Crippen LogP contribution >= 0.6 is 23.5 Å². The lowest BCUT2D eigenvalue weighted by molar-refractivity contribution is 0.0660. The molecule has 0 spiro atoms. The summed E-state index contributed by atoms with van der Waals surface area (Å²) < 4.78 is 0. The minimum atomic E-state index is 0.0491. The summed E-state index contributed by atoms with van der Waals surface area (Å²) in [6, 6.07) is 14.6. The SMILES string of the molecule is CCCC1CCCC1=NCCC1(c2ccc(C(C)C)cc2)CCN(C(=O)c2ccc(Cl)c(SN)c2)CC1. The van der Waals surface area contributed by atoms with Crippen molar-refractivity contribution in [2.45, 2.75) is 88.4 Å². The van der Waals surface area contributed by atoms with Gasteiger partial charge in [0.1, 0.15) is 0 Å². The van der Waals surface area contributed by atoms with Crippen LogP contribution in [-0.4, -0.2) is 36.2 Å². The number of amides is 1. The van der Waals surface area contributed by atoms with Gasteiger partial charge in [0.15, 0.2) is 0 Å². The Labute approximate surface area is 232 Å². The molecule has 1 amide bonds. The molecule has 2 aromatic rings. The molecule has 4 nitrogen and oxygen atoms in total. The van der Waals surface area contributed by atoms with Gasteiger partial charge in [-0.2, -0.15) is 0 Å². The molecule has 37 heavy (non-hydrogen) atoms. The van der Waals surface area contributed by atoms with E-state index >= 15 is 0 Å². The molecule has 2 aromatic carbocycles. The summed E-state index contributed by atoms with van der Waals surface area (Å²) in [5, 5.41) is 6.32. The number of nitrogens with zero attached hydrogens (tertiary/aromatic N) is 2. The molecule has 4 rings (SSSR count). The molecular formula is C31H42ClN3OS. The van der Waals surface area contributed by atoms with Gasteiger partial charge in [0.25, 0.3) is 5.91 Å². The predicted octanol–water partition coefficient (Wildman–Crippen LogP) is 8.03. The molecule has 1 saturated heterocycles. The lowest BCUT2D eigenvalue weighted by atomic mass is 9.70. The molecule has 2 N–H and O–H groups in total. The van der Waals surface area contributed by atoms with E-state index < -0.39 is 0 Å². The fourth-order valence-electron chi connectivity index (χ4n) is 6.13. The highest BCUT2D eigenvalue weighted by molar-refractivity contribution is 7.97. The summed E-state index contributed by atoms with van der Waals surface area (Å²) in [7, 11) is 0. The topological polar surface area (TPSA) is 58.7 Å². The van der Waals surface area contributed by atoms with Crippen molar-refractivity contribution >= 4 is 35.2 Å². The maximum atomic E-state index is 13.3. The fourth-order valence-corrected chi connectivity index (χ4v) is 6.76. The van der Waals surface area contributed by atoms with Crippen LogP contribution in [0.1, 0.15) is 99.5 Å². The number of likely N-dealkylation sites (tertiary alicyclic amines) is 1. The first-order chi connectivity index (χ1) is 17.9. The molecule has 1 atom stereocenters. The van der Waals surface area contributed by atoms with Crippen LogP contribution in [-0.2, 0) is 5.41 Å². The van der Waals surface area contributed by atoms with E-state index in [1.165, 1.54) is 48.9 Å². The molecule has 6 heteroatoms. The second-order valence-corrected chi connectivity index (χ2v) is 12.2. The Kier molecular flexibility index (Phi) is 9.77. The molecule has 0 radical (unpaired) electrons. The summed E-state index contributed by atoms with van der Waals surface area (Å²) in [6.45, 7) is 9.13. The maximum Gasteiger partial charge on any atom is 0.253 e. The molecule has 1 aliphatic heterocycles. The van der Waals surface area contributed by atoms with E-state index in [2.05, 4.69) is 45.0 Å². The zero-order valence-corrected chi connectivity index (χ0v) is 24.2. The first-order valence-corrected chi connectivity index (χ1v) is 15.2. The summed E-state index contributed by atoms with van der Waals surface area (Å²) in [5.41, 5.74) is 4.93. The molecule has 1 saturated carbocycles. The molecule has 1 unspecified atom stereocenters. The summed E-state index contributed by atoms with van der Waals surface area (Å²) >= 11 is 7.29. The second-order valence-electron chi connectivity index (χ2n) is 11.1. The number of carbonyl (C=O) groups is 1. The van der Waals surface area contributed by atoms with Gasteiger partial charge in [-0.3, -0.25) is 14.9 Å². The molecule has 1 aliphatic carbocycles. The number of aliphatic imine (C=N–C) groups is 1. The zero-order valence-electron chi connectivity index (χ0n) is 22.6. The lowest BCUT2D eigenvalue weighted by Gasteiger charge is -2.42. The standard InChI is InChI=1S/C31H42ClN3OS/c1-4-6-24-7-5-8-28(24)34-18-15-31(26-12-9-23(10-13-26)22(2)3)16-19-35(20-17-31)30(36)25-11-14-27(32)29(21-25)37-33/h9-14,21-22,24H,4-8,15-20,33H2,1-3H3. The van der Waals surface area contributed by atoms with Crippen molar-refractivity contribution in [1.82, 2.24) is 4.90 Å². The van der Waals surface area contributed by atoms with E-state index in [9.17, 15) is 4.79 Å². The Morgan fingerprint density at radius 3 is 2.57 bits per heavy atom. The second kappa shape index (κ2) is 12.8. The van der Waals surface area contributed by atoms with Gasteiger partial charge in [-0.1, -0.05) is 63.1 Å². The van der Waals surface area contributed by atoms with Crippen molar-refractivity contribution < 1.29 is 4.79 Å². The average molecular weight is 540 g/mol. The Balaban J connectivity index is 1.51. The van der Waals surface area contributed by atoms with Crippen LogP contribution in [0.15, 0.2) is 52.4 Å². The number of nitrogens with two attached hydrogens (primary N) is 1. The smallest absolute Gasteiger partial charge is 0.253 e. The Morgan fingerprint density at radius 1 is 1.19 bits per heavy atom. The Bertz CT molecular complexity index is 1090. The van der Waals surface area contributed by atoms with Crippen LogP contribution in [0.5, 0.6) is 0 Å². The highest BCUT2D eigenvalue weighted by atomic mass is 35.5. The normalized spacial score (nSPS) is 20.6. The highest BCUT2D eigenvalue weighted by Gasteiger charge is 2.37. The predicted molar refractivity (Wildman–Crippen MR) is 158 cm³/mol. The number of rotatable bonds is 9. The summed E-state index contributed by atoms with van der Waals surface area (Å²) in [6.07, 6.45) is 9.22. The minimum Gasteiger partial charge on any atom is -0.339 e. The number of benzene rings is 2. The van der Waals surface area contributed by atoms with E-state index in [1.54, 1.807) is 12.1 Å². The van der Waals surface area contributed by atoms with Gasteiger partial charge in [0, 0.05) is 41.2 Å². The number of carbonyl (C=O) groups excluding carboxylic acids is 1. The van der Waals surface area contributed by atoms with Crippen LogP contribution in [0, 0.1) is 5.92 Å². The fraction of sp³-hybridized carbons (Fsp3) is 0.548.